The van der Waals surface area contributed by atoms with E-state index in [2.05, 4.69) is 29.3 Å². The minimum Gasteiger partial charge on any atom is -0.380 e. The van der Waals surface area contributed by atoms with Crippen LogP contribution in [0.25, 0.3) is 0 Å². The first-order valence-corrected chi connectivity index (χ1v) is 11.0. The van der Waals surface area contributed by atoms with Gasteiger partial charge in [-0.3, -0.25) is 9.69 Å². The van der Waals surface area contributed by atoms with Crippen LogP contribution < -0.4 is 5.32 Å². The van der Waals surface area contributed by atoms with Gasteiger partial charge < -0.3 is 10.1 Å². The van der Waals surface area contributed by atoms with Gasteiger partial charge >= 0.3 is 0 Å². The van der Waals surface area contributed by atoms with Crippen molar-refractivity contribution in [1.82, 2.24) is 10.2 Å². The van der Waals surface area contributed by atoms with E-state index in [1.165, 1.54) is 19.3 Å². The molecule has 1 aliphatic heterocycles. The molecule has 5 heteroatoms. The van der Waals surface area contributed by atoms with Gasteiger partial charge in [0.1, 0.15) is 6.04 Å². The number of nitrogens with zero attached hydrogens (tertiary/aromatic N) is 1. The molecule has 0 bridgehead atoms. The maximum absolute atomic E-state index is 13.4. The summed E-state index contributed by atoms with van der Waals surface area (Å²) in [7, 11) is 1.82. The third-order valence-electron chi connectivity index (χ3n) is 6.80. The standard InChI is InChI=1S/C21H30N2O2S/c1-15-18(21(9-6-10-21)19(15)25-2)22-20(24)17(16-7-4-3-5-8-16)23-11-13-26-14-12-23/h3-5,7-8,15,17-19H,6,9-14H2,1-2H3,(H,22,24)/t15-,17-,18+,19-/m1/s1. The predicted molar refractivity (Wildman–Crippen MR) is 106 cm³/mol. The fourth-order valence-corrected chi connectivity index (χ4v) is 6.35. The first-order valence-electron chi connectivity index (χ1n) is 9.87. The van der Waals surface area contributed by atoms with Gasteiger partial charge in [-0.2, -0.15) is 11.8 Å². The quantitative estimate of drug-likeness (QED) is 0.860. The molecule has 2 saturated carbocycles. The molecule has 1 heterocycles. The summed E-state index contributed by atoms with van der Waals surface area (Å²) >= 11 is 1.98. The van der Waals surface area contributed by atoms with E-state index in [1.54, 1.807) is 0 Å². The number of ether oxygens (including phenoxy) is 1. The highest BCUT2D eigenvalue weighted by molar-refractivity contribution is 7.99. The number of carbonyl (C=O) groups is 1. The van der Waals surface area contributed by atoms with Gasteiger partial charge in [-0.15, -0.1) is 0 Å². The van der Waals surface area contributed by atoms with Crippen molar-refractivity contribution >= 4 is 17.7 Å². The highest BCUT2D eigenvalue weighted by Crippen LogP contribution is 2.59. The summed E-state index contributed by atoms with van der Waals surface area (Å²) in [4.78, 5) is 15.8. The van der Waals surface area contributed by atoms with Crippen LogP contribution in [-0.2, 0) is 9.53 Å². The average Bonchev–Trinajstić information content (AvgIpc) is 2.64. The van der Waals surface area contributed by atoms with Gasteiger partial charge in [-0.05, 0) is 18.4 Å². The normalized spacial score (nSPS) is 31.7. The van der Waals surface area contributed by atoms with Crippen LogP contribution in [0.2, 0.25) is 0 Å². The molecule has 0 radical (unpaired) electrons. The molecular formula is C21H30N2O2S. The minimum absolute atomic E-state index is 0.167. The SMILES string of the molecule is CO[C@@H]1[C@H](C)[C@H](NC(=O)[C@@H](c2ccccc2)N2CCSCC2)C12CCC2. The molecule has 4 atom stereocenters. The van der Waals surface area contributed by atoms with Crippen molar-refractivity contribution in [3.05, 3.63) is 35.9 Å². The molecule has 2 aliphatic carbocycles. The van der Waals surface area contributed by atoms with Crippen LogP contribution >= 0.6 is 11.8 Å². The second kappa shape index (κ2) is 7.53. The third kappa shape index (κ3) is 2.98. The van der Waals surface area contributed by atoms with E-state index < -0.39 is 0 Å². The Kier molecular flexibility index (Phi) is 5.31. The highest BCUT2D eigenvalue weighted by atomic mass is 32.2. The largest absolute Gasteiger partial charge is 0.380 e. The van der Waals surface area contributed by atoms with Gasteiger partial charge in [0, 0.05) is 49.1 Å². The summed E-state index contributed by atoms with van der Waals surface area (Å²) in [5, 5.41) is 3.45. The van der Waals surface area contributed by atoms with Crippen LogP contribution in [0.3, 0.4) is 0 Å². The van der Waals surface area contributed by atoms with E-state index in [0.29, 0.717) is 12.0 Å². The van der Waals surface area contributed by atoms with E-state index in [1.807, 2.05) is 37.1 Å². The zero-order chi connectivity index (χ0) is 18.1. The van der Waals surface area contributed by atoms with Crippen LogP contribution in [-0.4, -0.2) is 54.7 Å². The van der Waals surface area contributed by atoms with Gasteiger partial charge in [0.05, 0.1) is 6.10 Å². The number of hydrogen-bond donors (Lipinski definition) is 1. The molecule has 4 nitrogen and oxygen atoms in total. The lowest BCUT2D eigenvalue weighted by molar-refractivity contribution is -0.203. The van der Waals surface area contributed by atoms with Crippen molar-refractivity contribution in [3.63, 3.8) is 0 Å². The molecule has 1 N–H and O–H groups in total. The Labute approximate surface area is 161 Å². The van der Waals surface area contributed by atoms with Crippen molar-refractivity contribution in [1.29, 1.82) is 0 Å². The van der Waals surface area contributed by atoms with Gasteiger partial charge in [-0.1, -0.05) is 43.7 Å². The van der Waals surface area contributed by atoms with Crippen molar-refractivity contribution in [2.75, 3.05) is 31.7 Å². The Morgan fingerprint density at radius 3 is 2.54 bits per heavy atom. The van der Waals surface area contributed by atoms with E-state index >= 15 is 0 Å². The van der Waals surface area contributed by atoms with Gasteiger partial charge in [-0.25, -0.2) is 0 Å². The van der Waals surface area contributed by atoms with Crippen molar-refractivity contribution in [3.8, 4) is 0 Å². The summed E-state index contributed by atoms with van der Waals surface area (Å²) < 4.78 is 5.76. The molecule has 1 aromatic carbocycles. The molecular weight excluding hydrogens is 344 g/mol. The lowest BCUT2D eigenvalue weighted by Crippen LogP contribution is -2.73. The molecule has 1 amide bonds. The maximum atomic E-state index is 13.4. The van der Waals surface area contributed by atoms with Gasteiger partial charge in [0.25, 0.3) is 0 Å². The molecule has 0 unspecified atom stereocenters. The van der Waals surface area contributed by atoms with Gasteiger partial charge in [0.2, 0.25) is 5.91 Å². The van der Waals surface area contributed by atoms with Crippen LogP contribution in [0, 0.1) is 11.3 Å². The number of hydrogen-bond acceptors (Lipinski definition) is 4. The number of methoxy groups -OCH3 is 1. The lowest BCUT2D eigenvalue weighted by Gasteiger charge is -2.64. The first-order chi connectivity index (χ1) is 12.7. The molecule has 1 saturated heterocycles. The van der Waals surface area contributed by atoms with Crippen LogP contribution in [0.5, 0.6) is 0 Å². The summed E-state index contributed by atoms with van der Waals surface area (Å²) in [5.41, 5.74) is 1.29. The number of carbonyl (C=O) groups excluding carboxylic acids is 1. The Morgan fingerprint density at radius 1 is 1.27 bits per heavy atom. The number of rotatable bonds is 5. The van der Waals surface area contributed by atoms with Gasteiger partial charge in [0.15, 0.2) is 0 Å². The zero-order valence-electron chi connectivity index (χ0n) is 15.8. The van der Waals surface area contributed by atoms with Crippen molar-refractivity contribution in [2.24, 2.45) is 11.3 Å². The van der Waals surface area contributed by atoms with E-state index in [0.717, 1.165) is 30.2 Å². The third-order valence-corrected chi connectivity index (χ3v) is 7.74. The first kappa shape index (κ1) is 18.3. The monoisotopic (exact) mass is 374 g/mol. The lowest BCUT2D eigenvalue weighted by atomic mass is 9.46. The Hall–Kier alpha value is -1.04. The minimum atomic E-state index is -0.178. The fourth-order valence-electron chi connectivity index (χ4n) is 5.42. The number of thioether (sulfide) groups is 1. The summed E-state index contributed by atoms with van der Waals surface area (Å²) in [6.07, 6.45) is 3.90. The average molecular weight is 375 g/mol. The van der Waals surface area contributed by atoms with Crippen LogP contribution in [0.4, 0.5) is 0 Å². The molecule has 3 aliphatic rings. The van der Waals surface area contributed by atoms with Crippen molar-refractivity contribution < 1.29 is 9.53 Å². The van der Waals surface area contributed by atoms with Crippen molar-refractivity contribution in [2.45, 2.75) is 44.4 Å². The summed E-state index contributed by atoms with van der Waals surface area (Å²) in [5.74, 6) is 2.76. The maximum Gasteiger partial charge on any atom is 0.242 e. The molecule has 1 spiro atoms. The number of benzene rings is 1. The number of amides is 1. The van der Waals surface area contributed by atoms with Crippen LogP contribution in [0.1, 0.15) is 37.8 Å². The molecule has 3 fully saturated rings. The second-order valence-corrected chi connectivity index (χ2v) is 9.27. The smallest absolute Gasteiger partial charge is 0.242 e. The highest BCUT2D eigenvalue weighted by Gasteiger charge is 2.63. The number of nitrogens with one attached hydrogen (secondary N) is 1. The van der Waals surface area contributed by atoms with E-state index in [4.69, 9.17) is 4.74 Å². The van der Waals surface area contributed by atoms with Crippen LogP contribution in [0.15, 0.2) is 30.3 Å². The molecule has 26 heavy (non-hydrogen) atoms. The molecule has 1 aromatic rings. The van der Waals surface area contributed by atoms with E-state index in [9.17, 15) is 4.79 Å². The Balaban J connectivity index is 1.53. The Morgan fingerprint density at radius 2 is 1.96 bits per heavy atom. The Bertz CT molecular complexity index is 628. The molecule has 4 rings (SSSR count). The second-order valence-electron chi connectivity index (χ2n) is 8.05. The van der Waals surface area contributed by atoms with E-state index in [-0.39, 0.29) is 23.4 Å². The summed E-state index contributed by atoms with van der Waals surface area (Å²) in [6.45, 7) is 4.17. The fraction of sp³-hybridized carbons (Fsp3) is 0.667. The predicted octanol–water partition coefficient (Wildman–Crippen LogP) is 3.10. The summed E-state index contributed by atoms with van der Waals surface area (Å²) in [6, 6.07) is 10.3. The molecule has 0 aromatic heterocycles. The molecule has 142 valence electrons. The zero-order valence-corrected chi connectivity index (χ0v) is 16.6. The topological polar surface area (TPSA) is 41.6 Å².